The van der Waals surface area contributed by atoms with E-state index in [9.17, 15) is 9.00 Å². The highest BCUT2D eigenvalue weighted by Gasteiger charge is 2.25. The van der Waals surface area contributed by atoms with Crippen LogP contribution in [-0.4, -0.2) is 38.7 Å². The van der Waals surface area contributed by atoms with Gasteiger partial charge in [0.05, 0.1) is 36.0 Å². The lowest BCUT2D eigenvalue weighted by molar-refractivity contribution is 0.0528. The number of hydrogen-bond donors (Lipinski definition) is 0. The van der Waals surface area contributed by atoms with E-state index in [-0.39, 0.29) is 6.61 Å². The summed E-state index contributed by atoms with van der Waals surface area (Å²) >= 11 is 1.29. The van der Waals surface area contributed by atoms with Gasteiger partial charge in [-0.2, -0.15) is 5.10 Å². The second kappa shape index (κ2) is 8.76. The van der Waals surface area contributed by atoms with Crippen molar-refractivity contribution < 1.29 is 18.5 Å². The highest BCUT2D eigenvalue weighted by Crippen LogP contribution is 2.37. The van der Waals surface area contributed by atoms with Crippen molar-refractivity contribution in [3.63, 3.8) is 0 Å². The third kappa shape index (κ3) is 3.99. The zero-order chi connectivity index (χ0) is 21.1. The topological polar surface area (TPSA) is 83.3 Å². The fraction of sp³-hybridized carbons (Fsp3) is 0.190. The van der Waals surface area contributed by atoms with Gasteiger partial charge in [-0.3, -0.25) is 0 Å². The van der Waals surface area contributed by atoms with Crippen LogP contribution in [0, 0.1) is 0 Å². The molecule has 30 heavy (non-hydrogen) atoms. The first-order valence-electron chi connectivity index (χ1n) is 9.21. The van der Waals surface area contributed by atoms with Gasteiger partial charge in [0.15, 0.2) is 0 Å². The van der Waals surface area contributed by atoms with Crippen LogP contribution in [0.1, 0.15) is 22.2 Å². The summed E-state index contributed by atoms with van der Waals surface area (Å²) in [6.45, 7) is 2.55. The first-order chi connectivity index (χ1) is 14.6. The summed E-state index contributed by atoms with van der Waals surface area (Å²) in [6.07, 6.45) is 3.13. The van der Waals surface area contributed by atoms with E-state index < -0.39 is 16.8 Å². The molecule has 0 aliphatic rings. The third-order valence-electron chi connectivity index (χ3n) is 4.42. The SMILES string of the molecule is CCOC(=O)c1sc2cc(Cn3cncn3)ccc2c1S(=O)c1cccc(OC)c1. The largest absolute Gasteiger partial charge is 0.497 e. The van der Waals surface area contributed by atoms with Crippen LogP contribution in [-0.2, 0) is 22.1 Å². The molecule has 9 heteroatoms. The van der Waals surface area contributed by atoms with Gasteiger partial charge in [0.1, 0.15) is 23.3 Å². The number of carbonyl (C=O) groups excluding carboxylic acids is 1. The number of carbonyl (C=O) groups is 1. The average molecular weight is 442 g/mol. The van der Waals surface area contributed by atoms with E-state index in [1.807, 2.05) is 18.2 Å². The minimum atomic E-state index is -1.57. The number of methoxy groups -OCH3 is 1. The van der Waals surface area contributed by atoms with E-state index in [4.69, 9.17) is 9.47 Å². The molecule has 0 saturated heterocycles. The second-order valence-electron chi connectivity index (χ2n) is 6.35. The summed E-state index contributed by atoms with van der Waals surface area (Å²) < 4.78 is 26.6. The van der Waals surface area contributed by atoms with Crippen molar-refractivity contribution in [3.8, 4) is 5.75 Å². The van der Waals surface area contributed by atoms with E-state index in [2.05, 4.69) is 10.1 Å². The zero-order valence-corrected chi connectivity index (χ0v) is 18.0. The van der Waals surface area contributed by atoms with Gasteiger partial charge in [-0.05, 0) is 36.8 Å². The van der Waals surface area contributed by atoms with Crippen molar-refractivity contribution >= 4 is 38.2 Å². The molecule has 4 rings (SSSR count). The summed E-state index contributed by atoms with van der Waals surface area (Å²) in [5.41, 5.74) is 1.00. The number of ether oxygens (including phenoxy) is 2. The minimum Gasteiger partial charge on any atom is -0.497 e. The maximum atomic E-state index is 13.5. The molecule has 1 atom stereocenters. The van der Waals surface area contributed by atoms with E-state index in [0.717, 1.165) is 15.6 Å². The van der Waals surface area contributed by atoms with Crippen LogP contribution in [0.4, 0.5) is 0 Å². The summed E-state index contributed by atoms with van der Waals surface area (Å²) in [7, 11) is -0.0157. The Balaban J connectivity index is 1.81. The van der Waals surface area contributed by atoms with Gasteiger partial charge in [-0.15, -0.1) is 11.3 Å². The number of thiophene rings is 1. The van der Waals surface area contributed by atoms with E-state index >= 15 is 0 Å². The molecule has 0 aliphatic heterocycles. The van der Waals surface area contributed by atoms with Gasteiger partial charge in [0, 0.05) is 15.0 Å². The highest BCUT2D eigenvalue weighted by atomic mass is 32.2. The molecule has 7 nitrogen and oxygen atoms in total. The first-order valence-corrected chi connectivity index (χ1v) is 11.2. The molecule has 2 aromatic heterocycles. The Labute approximate surface area is 179 Å². The molecular weight excluding hydrogens is 422 g/mol. The molecule has 2 aromatic carbocycles. The van der Waals surface area contributed by atoms with Crippen LogP contribution >= 0.6 is 11.3 Å². The van der Waals surface area contributed by atoms with Crippen molar-refractivity contribution in [2.24, 2.45) is 0 Å². The molecular formula is C21H19N3O4S2. The Morgan fingerprint density at radius 3 is 2.83 bits per heavy atom. The Bertz CT molecular complexity index is 1220. The average Bonchev–Trinajstić information content (AvgIpc) is 3.41. The van der Waals surface area contributed by atoms with Crippen molar-refractivity contribution in [1.29, 1.82) is 0 Å². The zero-order valence-electron chi connectivity index (χ0n) is 16.4. The predicted octanol–water partition coefficient (Wildman–Crippen LogP) is 3.89. The van der Waals surface area contributed by atoms with Gasteiger partial charge in [0.2, 0.25) is 0 Å². The highest BCUT2D eigenvalue weighted by molar-refractivity contribution is 7.85. The molecule has 0 radical (unpaired) electrons. The number of rotatable bonds is 7. The quantitative estimate of drug-likeness (QED) is 0.405. The monoisotopic (exact) mass is 441 g/mol. The fourth-order valence-electron chi connectivity index (χ4n) is 3.07. The summed E-state index contributed by atoms with van der Waals surface area (Å²) in [5.74, 6) is 0.135. The number of esters is 1. The molecule has 2 heterocycles. The van der Waals surface area contributed by atoms with Crippen molar-refractivity contribution in [1.82, 2.24) is 14.8 Å². The van der Waals surface area contributed by atoms with Crippen LogP contribution in [0.2, 0.25) is 0 Å². The molecule has 0 N–H and O–H groups in total. The molecule has 0 fully saturated rings. The number of nitrogens with zero attached hydrogens (tertiary/aromatic N) is 3. The molecule has 0 saturated carbocycles. The second-order valence-corrected chi connectivity index (χ2v) is 8.82. The molecule has 0 bridgehead atoms. The van der Waals surface area contributed by atoms with Crippen molar-refractivity contribution in [3.05, 3.63) is 65.6 Å². The van der Waals surface area contributed by atoms with Gasteiger partial charge in [-0.25, -0.2) is 18.7 Å². The van der Waals surface area contributed by atoms with Crippen LogP contribution in [0.3, 0.4) is 0 Å². The normalized spacial score (nSPS) is 12.1. The van der Waals surface area contributed by atoms with Gasteiger partial charge in [0.25, 0.3) is 0 Å². The lowest BCUT2D eigenvalue weighted by atomic mass is 10.1. The Morgan fingerprint density at radius 2 is 2.10 bits per heavy atom. The van der Waals surface area contributed by atoms with E-state index in [0.29, 0.717) is 27.0 Å². The van der Waals surface area contributed by atoms with Crippen LogP contribution < -0.4 is 4.74 Å². The predicted molar refractivity (Wildman–Crippen MR) is 115 cm³/mol. The lowest BCUT2D eigenvalue weighted by Gasteiger charge is -2.07. The molecule has 154 valence electrons. The fourth-order valence-corrected chi connectivity index (χ4v) is 5.83. The maximum Gasteiger partial charge on any atom is 0.349 e. The van der Waals surface area contributed by atoms with Crippen LogP contribution in [0.25, 0.3) is 10.1 Å². The van der Waals surface area contributed by atoms with E-state index in [1.54, 1.807) is 49.3 Å². The molecule has 1 unspecified atom stereocenters. The molecule has 0 amide bonds. The van der Waals surface area contributed by atoms with Gasteiger partial charge in [-0.1, -0.05) is 18.2 Å². The maximum absolute atomic E-state index is 13.5. The third-order valence-corrected chi connectivity index (χ3v) is 7.16. The number of aromatic nitrogens is 3. The molecule has 0 aliphatic carbocycles. The number of benzene rings is 2. The first kappa shape index (κ1) is 20.2. The smallest absolute Gasteiger partial charge is 0.349 e. The van der Waals surface area contributed by atoms with E-state index in [1.165, 1.54) is 17.7 Å². The minimum absolute atomic E-state index is 0.246. The van der Waals surface area contributed by atoms with Crippen LogP contribution in [0.15, 0.2) is 64.9 Å². The van der Waals surface area contributed by atoms with Crippen molar-refractivity contribution in [2.75, 3.05) is 13.7 Å². The molecule has 0 spiro atoms. The number of fused-ring (bicyclic) bond motifs is 1. The Hall–Kier alpha value is -3.04. The van der Waals surface area contributed by atoms with Gasteiger partial charge >= 0.3 is 5.97 Å². The van der Waals surface area contributed by atoms with Crippen LogP contribution in [0.5, 0.6) is 5.75 Å². The standard InChI is InChI=1S/C21H19N3O4S2/c1-3-28-21(25)19-20(30(26)16-6-4-5-15(10-16)27-2)17-8-7-14(9-18(17)29-19)11-24-13-22-12-23-24/h4-10,12-13H,3,11H2,1-2H3. The summed E-state index contributed by atoms with van der Waals surface area (Å²) in [6, 6.07) is 12.9. The van der Waals surface area contributed by atoms with Crippen molar-refractivity contribution in [2.45, 2.75) is 23.3 Å². The van der Waals surface area contributed by atoms with Gasteiger partial charge < -0.3 is 9.47 Å². The Morgan fingerprint density at radius 1 is 1.23 bits per heavy atom. The molecule has 4 aromatic rings. The summed E-state index contributed by atoms with van der Waals surface area (Å²) in [4.78, 5) is 18.0. The lowest BCUT2D eigenvalue weighted by Crippen LogP contribution is -2.06. The number of hydrogen-bond acceptors (Lipinski definition) is 7. The Kier molecular flexibility index (Phi) is 5.91. The summed E-state index contributed by atoms with van der Waals surface area (Å²) in [5, 5.41) is 4.90.